The first-order valence-electron chi connectivity index (χ1n) is 5.90. The van der Waals surface area contributed by atoms with Crippen molar-refractivity contribution in [3.8, 4) is 0 Å². The standard InChI is InChI=1S/C14H20OS/c1-10-11(13-5-4-8-16-13)6-7-14(2,3)12(10)9-15/h4-5,8,11,15H,6-7,9H2,1-3H3. The Morgan fingerprint density at radius 2 is 2.25 bits per heavy atom. The van der Waals surface area contributed by atoms with Gasteiger partial charge in [-0.25, -0.2) is 0 Å². The van der Waals surface area contributed by atoms with Gasteiger partial charge in [0.15, 0.2) is 0 Å². The van der Waals surface area contributed by atoms with Gasteiger partial charge in [0.2, 0.25) is 0 Å². The third-order valence-corrected chi connectivity index (χ3v) is 4.90. The highest BCUT2D eigenvalue weighted by atomic mass is 32.1. The maximum Gasteiger partial charge on any atom is 0.0649 e. The van der Waals surface area contributed by atoms with Gasteiger partial charge in [0, 0.05) is 10.8 Å². The van der Waals surface area contributed by atoms with E-state index in [0.717, 1.165) is 0 Å². The van der Waals surface area contributed by atoms with Crippen molar-refractivity contribution in [1.82, 2.24) is 0 Å². The monoisotopic (exact) mass is 236 g/mol. The molecule has 2 heteroatoms. The van der Waals surface area contributed by atoms with Crippen LogP contribution in [0.4, 0.5) is 0 Å². The minimum atomic E-state index is 0.173. The van der Waals surface area contributed by atoms with E-state index in [1.165, 1.54) is 28.9 Å². The molecule has 0 saturated carbocycles. The van der Waals surface area contributed by atoms with Gasteiger partial charge in [-0.2, -0.15) is 0 Å². The number of aliphatic hydroxyl groups excluding tert-OH is 1. The fourth-order valence-electron chi connectivity index (χ4n) is 2.80. The summed E-state index contributed by atoms with van der Waals surface area (Å²) >= 11 is 1.83. The molecule has 0 bridgehead atoms. The van der Waals surface area contributed by atoms with Crippen LogP contribution in [-0.4, -0.2) is 11.7 Å². The van der Waals surface area contributed by atoms with Crippen molar-refractivity contribution in [3.63, 3.8) is 0 Å². The second-order valence-electron chi connectivity index (χ2n) is 5.31. The molecular weight excluding hydrogens is 216 g/mol. The lowest BCUT2D eigenvalue weighted by molar-refractivity contribution is 0.257. The molecule has 0 spiro atoms. The van der Waals surface area contributed by atoms with Crippen LogP contribution in [0.2, 0.25) is 0 Å². The fourth-order valence-corrected chi connectivity index (χ4v) is 3.73. The van der Waals surface area contributed by atoms with E-state index < -0.39 is 0 Å². The summed E-state index contributed by atoms with van der Waals surface area (Å²) < 4.78 is 0. The Balaban J connectivity index is 2.39. The van der Waals surface area contributed by atoms with Crippen LogP contribution in [-0.2, 0) is 0 Å². The summed E-state index contributed by atoms with van der Waals surface area (Å²) in [6, 6.07) is 4.33. The second-order valence-corrected chi connectivity index (χ2v) is 6.29. The number of hydrogen-bond acceptors (Lipinski definition) is 2. The molecule has 1 N–H and O–H groups in total. The molecule has 1 aromatic heterocycles. The normalized spacial score (nSPS) is 24.9. The van der Waals surface area contributed by atoms with E-state index in [-0.39, 0.29) is 12.0 Å². The van der Waals surface area contributed by atoms with Gasteiger partial charge in [0.1, 0.15) is 0 Å². The van der Waals surface area contributed by atoms with Crippen LogP contribution >= 0.6 is 11.3 Å². The van der Waals surface area contributed by atoms with Crippen LogP contribution in [0.5, 0.6) is 0 Å². The van der Waals surface area contributed by atoms with Crippen molar-refractivity contribution in [2.75, 3.05) is 6.61 Å². The molecule has 2 rings (SSSR count). The lowest BCUT2D eigenvalue weighted by atomic mass is 9.69. The molecule has 1 aliphatic rings. The van der Waals surface area contributed by atoms with Gasteiger partial charge in [-0.1, -0.05) is 25.5 Å². The molecule has 0 aromatic carbocycles. The highest BCUT2D eigenvalue weighted by molar-refractivity contribution is 7.10. The topological polar surface area (TPSA) is 20.2 Å². The molecule has 1 heterocycles. The van der Waals surface area contributed by atoms with Gasteiger partial charge in [-0.3, -0.25) is 0 Å². The minimum Gasteiger partial charge on any atom is -0.392 e. The third kappa shape index (κ3) is 1.96. The highest BCUT2D eigenvalue weighted by Gasteiger charge is 2.33. The van der Waals surface area contributed by atoms with Gasteiger partial charge in [0.25, 0.3) is 0 Å². The van der Waals surface area contributed by atoms with Gasteiger partial charge in [-0.15, -0.1) is 11.3 Å². The predicted molar refractivity (Wildman–Crippen MR) is 69.9 cm³/mol. The van der Waals surface area contributed by atoms with E-state index in [2.05, 4.69) is 38.3 Å². The van der Waals surface area contributed by atoms with E-state index in [9.17, 15) is 5.11 Å². The molecule has 0 fully saturated rings. The SMILES string of the molecule is CC1=C(CO)C(C)(C)CCC1c1cccs1. The average molecular weight is 236 g/mol. The first kappa shape index (κ1) is 11.9. The Hall–Kier alpha value is -0.600. The average Bonchev–Trinajstić information content (AvgIpc) is 2.70. The molecule has 1 aliphatic carbocycles. The molecule has 1 aromatic rings. The van der Waals surface area contributed by atoms with Crippen LogP contribution in [0.15, 0.2) is 28.7 Å². The molecule has 88 valence electrons. The number of aliphatic hydroxyl groups is 1. The maximum absolute atomic E-state index is 9.56. The molecule has 16 heavy (non-hydrogen) atoms. The number of thiophene rings is 1. The summed E-state index contributed by atoms with van der Waals surface area (Å²) in [6.45, 7) is 6.89. The molecule has 0 amide bonds. The van der Waals surface area contributed by atoms with E-state index >= 15 is 0 Å². The highest BCUT2D eigenvalue weighted by Crippen LogP contribution is 2.47. The summed E-state index contributed by atoms with van der Waals surface area (Å²) in [6.07, 6.45) is 2.38. The molecule has 1 nitrogen and oxygen atoms in total. The Morgan fingerprint density at radius 3 is 2.81 bits per heavy atom. The van der Waals surface area contributed by atoms with E-state index in [1.807, 2.05) is 11.3 Å². The van der Waals surface area contributed by atoms with Gasteiger partial charge in [-0.05, 0) is 42.2 Å². The van der Waals surface area contributed by atoms with E-state index in [1.54, 1.807) is 0 Å². The molecule has 0 aliphatic heterocycles. The van der Waals surface area contributed by atoms with Crippen LogP contribution in [0.3, 0.4) is 0 Å². The lowest BCUT2D eigenvalue weighted by Gasteiger charge is -2.37. The minimum absolute atomic E-state index is 0.173. The summed E-state index contributed by atoms with van der Waals surface area (Å²) in [7, 11) is 0. The number of hydrogen-bond donors (Lipinski definition) is 1. The molecule has 0 radical (unpaired) electrons. The number of rotatable bonds is 2. The molecule has 0 saturated heterocycles. The molecule has 1 unspecified atom stereocenters. The van der Waals surface area contributed by atoms with Crippen molar-refractivity contribution < 1.29 is 5.11 Å². The predicted octanol–water partition coefficient (Wildman–Crippen LogP) is 3.96. The second kappa shape index (κ2) is 4.34. The van der Waals surface area contributed by atoms with Gasteiger partial charge < -0.3 is 5.11 Å². The summed E-state index contributed by atoms with van der Waals surface area (Å²) in [5, 5.41) is 11.7. The lowest BCUT2D eigenvalue weighted by Crippen LogP contribution is -2.26. The Kier molecular flexibility index (Phi) is 3.22. The van der Waals surface area contributed by atoms with Gasteiger partial charge >= 0.3 is 0 Å². The van der Waals surface area contributed by atoms with Gasteiger partial charge in [0.05, 0.1) is 6.61 Å². The van der Waals surface area contributed by atoms with Crippen molar-refractivity contribution in [2.24, 2.45) is 5.41 Å². The Bertz CT molecular complexity index is 387. The maximum atomic E-state index is 9.56. The van der Waals surface area contributed by atoms with E-state index in [0.29, 0.717) is 5.92 Å². The van der Waals surface area contributed by atoms with Crippen molar-refractivity contribution in [3.05, 3.63) is 33.5 Å². The first-order valence-corrected chi connectivity index (χ1v) is 6.78. The zero-order valence-corrected chi connectivity index (χ0v) is 11.1. The zero-order chi connectivity index (χ0) is 11.8. The largest absolute Gasteiger partial charge is 0.392 e. The summed E-state index contributed by atoms with van der Waals surface area (Å²) in [4.78, 5) is 1.44. The van der Waals surface area contributed by atoms with Crippen molar-refractivity contribution in [2.45, 2.75) is 39.5 Å². The van der Waals surface area contributed by atoms with Crippen LogP contribution in [0, 0.1) is 5.41 Å². The van der Waals surface area contributed by atoms with Crippen molar-refractivity contribution >= 4 is 11.3 Å². The third-order valence-electron chi connectivity index (χ3n) is 3.92. The molecule has 1 atom stereocenters. The van der Waals surface area contributed by atoms with Crippen LogP contribution in [0.1, 0.15) is 44.4 Å². The Morgan fingerprint density at radius 1 is 1.50 bits per heavy atom. The summed E-state index contributed by atoms with van der Waals surface area (Å²) in [5.41, 5.74) is 2.81. The fraction of sp³-hybridized carbons (Fsp3) is 0.571. The smallest absolute Gasteiger partial charge is 0.0649 e. The summed E-state index contributed by atoms with van der Waals surface area (Å²) in [5.74, 6) is 0.537. The van der Waals surface area contributed by atoms with Crippen LogP contribution in [0.25, 0.3) is 0 Å². The molecular formula is C14H20OS. The number of allylic oxidation sites excluding steroid dienone is 1. The quantitative estimate of drug-likeness (QED) is 0.771. The Labute approximate surface area is 102 Å². The van der Waals surface area contributed by atoms with Crippen LogP contribution < -0.4 is 0 Å². The first-order chi connectivity index (χ1) is 7.56. The van der Waals surface area contributed by atoms with Crippen molar-refractivity contribution in [1.29, 1.82) is 0 Å². The van der Waals surface area contributed by atoms with E-state index in [4.69, 9.17) is 0 Å². The zero-order valence-electron chi connectivity index (χ0n) is 10.3.